The summed E-state index contributed by atoms with van der Waals surface area (Å²) >= 11 is 0. The number of hydrogen-bond acceptors (Lipinski definition) is 3. The van der Waals surface area contributed by atoms with Gasteiger partial charge in [-0.25, -0.2) is 4.98 Å². The Morgan fingerprint density at radius 1 is 1.26 bits per heavy atom. The third-order valence-corrected chi connectivity index (χ3v) is 2.50. The van der Waals surface area contributed by atoms with Gasteiger partial charge in [-0.2, -0.15) is 13.2 Å². The molecule has 4 nitrogen and oxygen atoms in total. The molecule has 1 N–H and O–H groups in total. The van der Waals surface area contributed by atoms with Crippen molar-refractivity contribution in [3.8, 4) is 17.0 Å². The summed E-state index contributed by atoms with van der Waals surface area (Å²) in [5.41, 5.74) is -1.84. The van der Waals surface area contributed by atoms with E-state index in [0.29, 0.717) is 0 Å². The molecule has 0 unspecified atom stereocenters. The van der Waals surface area contributed by atoms with Crippen molar-refractivity contribution < 1.29 is 17.9 Å². The zero-order chi connectivity index (χ0) is 14.0. The highest BCUT2D eigenvalue weighted by Crippen LogP contribution is 2.37. The number of hydrogen-bond donors (Lipinski definition) is 1. The number of rotatable bonds is 2. The van der Waals surface area contributed by atoms with Crippen LogP contribution in [0.1, 0.15) is 5.56 Å². The first kappa shape index (κ1) is 13.1. The number of ether oxygens (including phenoxy) is 1. The molecule has 1 aromatic heterocycles. The number of benzene rings is 1. The number of halogens is 3. The largest absolute Gasteiger partial charge is 0.490 e. The van der Waals surface area contributed by atoms with Crippen LogP contribution in [0.25, 0.3) is 11.3 Å². The molecule has 2 aromatic rings. The topological polar surface area (TPSA) is 55.0 Å². The summed E-state index contributed by atoms with van der Waals surface area (Å²) in [6.45, 7) is 0. The Labute approximate surface area is 105 Å². The van der Waals surface area contributed by atoms with Gasteiger partial charge in [-0.05, 0) is 6.07 Å². The highest BCUT2D eigenvalue weighted by molar-refractivity contribution is 5.69. The number of H-pyrrole nitrogens is 1. The van der Waals surface area contributed by atoms with Gasteiger partial charge < -0.3 is 9.72 Å². The highest BCUT2D eigenvalue weighted by atomic mass is 19.4. The summed E-state index contributed by atoms with van der Waals surface area (Å²) in [5.74, 6) is -0.251. The van der Waals surface area contributed by atoms with Crippen LogP contribution in [0.5, 0.6) is 5.75 Å². The Morgan fingerprint density at radius 2 is 1.95 bits per heavy atom. The van der Waals surface area contributed by atoms with Gasteiger partial charge in [0.15, 0.2) is 0 Å². The van der Waals surface area contributed by atoms with Crippen LogP contribution in [0.15, 0.2) is 35.4 Å². The lowest BCUT2D eigenvalue weighted by Crippen LogP contribution is -2.13. The van der Waals surface area contributed by atoms with Crippen LogP contribution in [-0.4, -0.2) is 17.1 Å². The fourth-order valence-electron chi connectivity index (χ4n) is 1.71. The molecule has 2 rings (SSSR count). The van der Waals surface area contributed by atoms with E-state index < -0.39 is 17.3 Å². The molecule has 100 valence electrons. The van der Waals surface area contributed by atoms with Gasteiger partial charge in [0.05, 0.1) is 19.0 Å². The van der Waals surface area contributed by atoms with Crippen LogP contribution in [0.2, 0.25) is 0 Å². The number of nitrogens with one attached hydrogen (secondary N) is 1. The zero-order valence-electron chi connectivity index (χ0n) is 9.78. The van der Waals surface area contributed by atoms with Crippen molar-refractivity contribution in [3.05, 3.63) is 46.5 Å². The van der Waals surface area contributed by atoms with Crippen LogP contribution in [0.3, 0.4) is 0 Å². The maximum atomic E-state index is 12.9. The van der Waals surface area contributed by atoms with E-state index in [9.17, 15) is 18.0 Å². The lowest BCUT2D eigenvalue weighted by atomic mass is 10.0. The van der Waals surface area contributed by atoms with E-state index in [4.69, 9.17) is 4.74 Å². The maximum absolute atomic E-state index is 12.9. The van der Waals surface area contributed by atoms with Gasteiger partial charge in [0.2, 0.25) is 5.75 Å². The Hall–Kier alpha value is -2.31. The van der Waals surface area contributed by atoms with Crippen LogP contribution < -0.4 is 10.3 Å². The summed E-state index contributed by atoms with van der Waals surface area (Å²) in [5, 5.41) is 0. The van der Waals surface area contributed by atoms with Crippen molar-refractivity contribution in [2.45, 2.75) is 6.18 Å². The van der Waals surface area contributed by atoms with Crippen molar-refractivity contribution in [2.75, 3.05) is 7.11 Å². The molecule has 0 fully saturated rings. The molecular weight excluding hydrogens is 261 g/mol. The summed E-state index contributed by atoms with van der Waals surface area (Å²) < 4.78 is 43.6. The number of aromatic amines is 1. The van der Waals surface area contributed by atoms with Gasteiger partial charge >= 0.3 is 6.18 Å². The average Bonchev–Trinajstić information content (AvgIpc) is 2.37. The predicted octanol–water partition coefficient (Wildman–Crippen LogP) is 2.46. The molecular formula is C12H9F3N2O2. The first-order valence-electron chi connectivity index (χ1n) is 5.23. The standard InChI is InChI=1S/C12H9F3N2O2/c1-19-10-9(16-6-17-11(10)18)7-4-2-3-5-8(7)12(13,14)15/h2-6H,1H3,(H,16,17,18). The molecule has 0 aliphatic rings. The van der Waals surface area contributed by atoms with Crippen molar-refractivity contribution in [2.24, 2.45) is 0 Å². The van der Waals surface area contributed by atoms with E-state index in [1.807, 2.05) is 0 Å². The average molecular weight is 270 g/mol. The van der Waals surface area contributed by atoms with E-state index in [1.165, 1.54) is 25.3 Å². The maximum Gasteiger partial charge on any atom is 0.417 e. The second kappa shape index (κ2) is 4.75. The summed E-state index contributed by atoms with van der Waals surface area (Å²) in [4.78, 5) is 17.5. The second-order valence-corrected chi connectivity index (χ2v) is 3.66. The van der Waals surface area contributed by atoms with Crippen molar-refractivity contribution in [1.29, 1.82) is 0 Å². The smallest absolute Gasteiger partial charge is 0.417 e. The number of alkyl halides is 3. The predicted molar refractivity (Wildman–Crippen MR) is 61.8 cm³/mol. The first-order valence-corrected chi connectivity index (χ1v) is 5.23. The number of methoxy groups -OCH3 is 1. The van der Waals surface area contributed by atoms with Crippen LogP contribution in [0, 0.1) is 0 Å². The Bertz CT molecular complexity index is 650. The molecule has 1 aromatic carbocycles. The van der Waals surface area contributed by atoms with Gasteiger partial charge in [0.25, 0.3) is 5.56 Å². The van der Waals surface area contributed by atoms with Gasteiger partial charge in [-0.3, -0.25) is 4.79 Å². The molecule has 0 spiro atoms. The van der Waals surface area contributed by atoms with Crippen molar-refractivity contribution >= 4 is 0 Å². The van der Waals surface area contributed by atoms with Crippen molar-refractivity contribution in [3.63, 3.8) is 0 Å². The quantitative estimate of drug-likeness (QED) is 0.912. The van der Waals surface area contributed by atoms with E-state index in [1.54, 1.807) is 0 Å². The fraction of sp³-hybridized carbons (Fsp3) is 0.167. The Balaban J connectivity index is 2.74. The van der Waals surface area contributed by atoms with Crippen LogP contribution in [-0.2, 0) is 6.18 Å². The Kier molecular flexibility index (Phi) is 3.28. The normalized spacial score (nSPS) is 11.4. The third kappa shape index (κ3) is 2.44. The molecule has 19 heavy (non-hydrogen) atoms. The number of nitrogens with zero attached hydrogens (tertiary/aromatic N) is 1. The molecule has 0 aliphatic carbocycles. The minimum absolute atomic E-state index is 0.140. The van der Waals surface area contributed by atoms with Crippen LogP contribution >= 0.6 is 0 Å². The SMILES string of the molecule is COc1c(-c2ccccc2C(F)(F)F)nc[nH]c1=O. The van der Waals surface area contributed by atoms with Crippen molar-refractivity contribution in [1.82, 2.24) is 9.97 Å². The number of aromatic nitrogens is 2. The zero-order valence-corrected chi connectivity index (χ0v) is 9.78. The first-order chi connectivity index (χ1) is 8.95. The molecule has 0 aliphatic heterocycles. The lowest BCUT2D eigenvalue weighted by molar-refractivity contribution is -0.137. The summed E-state index contributed by atoms with van der Waals surface area (Å²) in [7, 11) is 1.20. The molecule has 0 atom stereocenters. The molecule has 0 radical (unpaired) electrons. The molecule has 0 saturated carbocycles. The Morgan fingerprint density at radius 3 is 2.58 bits per heavy atom. The van der Waals surface area contributed by atoms with E-state index in [2.05, 4.69) is 9.97 Å². The summed E-state index contributed by atoms with van der Waals surface area (Å²) in [6.07, 6.45) is -3.50. The van der Waals surface area contributed by atoms with E-state index >= 15 is 0 Å². The third-order valence-electron chi connectivity index (χ3n) is 2.50. The highest BCUT2D eigenvalue weighted by Gasteiger charge is 2.34. The van der Waals surface area contributed by atoms with Gasteiger partial charge in [-0.15, -0.1) is 0 Å². The fourth-order valence-corrected chi connectivity index (χ4v) is 1.71. The van der Waals surface area contributed by atoms with Gasteiger partial charge in [-0.1, -0.05) is 18.2 Å². The second-order valence-electron chi connectivity index (χ2n) is 3.66. The molecule has 0 bridgehead atoms. The van der Waals surface area contributed by atoms with Crippen LogP contribution in [0.4, 0.5) is 13.2 Å². The molecule has 0 amide bonds. The molecule has 7 heteroatoms. The van der Waals surface area contributed by atoms with E-state index in [0.717, 1.165) is 12.4 Å². The molecule has 0 saturated heterocycles. The minimum Gasteiger partial charge on any atom is -0.490 e. The summed E-state index contributed by atoms with van der Waals surface area (Å²) in [6, 6.07) is 4.88. The molecule has 1 heterocycles. The minimum atomic E-state index is -4.54. The van der Waals surface area contributed by atoms with E-state index in [-0.39, 0.29) is 17.0 Å². The monoisotopic (exact) mass is 270 g/mol. The van der Waals surface area contributed by atoms with Gasteiger partial charge in [0.1, 0.15) is 5.69 Å². The lowest BCUT2D eigenvalue weighted by Gasteiger charge is -2.13. The van der Waals surface area contributed by atoms with Gasteiger partial charge in [0, 0.05) is 5.56 Å².